The summed E-state index contributed by atoms with van der Waals surface area (Å²) >= 11 is 13.3. The molecule has 8 heteroatoms. The fourth-order valence-corrected chi connectivity index (χ4v) is 5.52. The van der Waals surface area contributed by atoms with Gasteiger partial charge < -0.3 is 5.32 Å². The molecule has 0 radical (unpaired) electrons. The number of carbonyl (C=O) groups excluding carboxylic acids is 3. The van der Waals surface area contributed by atoms with Crippen LogP contribution in [0.5, 0.6) is 0 Å². The molecule has 1 heterocycles. The fraction of sp³-hybridized carbons (Fsp3) is 0.318. The number of benzene rings is 2. The minimum absolute atomic E-state index is 0.125. The van der Waals surface area contributed by atoms with Crippen LogP contribution >= 0.6 is 43.5 Å². The summed E-state index contributed by atoms with van der Waals surface area (Å²) in [6, 6.07) is 11.9. The average Bonchev–Trinajstić information content (AvgIpc) is 2.95. The van der Waals surface area contributed by atoms with E-state index in [0.717, 1.165) is 5.56 Å². The number of imide groups is 1. The van der Waals surface area contributed by atoms with Crippen molar-refractivity contribution in [1.29, 1.82) is 0 Å². The van der Waals surface area contributed by atoms with E-state index in [1.165, 1.54) is 4.90 Å². The number of fused-ring (bicyclic) bond motifs is 1. The molecule has 156 valence electrons. The highest BCUT2D eigenvalue weighted by atomic mass is 79.9. The number of alkyl halides is 2. The number of nitrogens with zero attached hydrogens (tertiary/aromatic N) is 1. The van der Waals surface area contributed by atoms with Gasteiger partial charge in [-0.25, -0.2) is 4.90 Å². The zero-order chi connectivity index (χ0) is 21.6. The molecule has 30 heavy (non-hydrogen) atoms. The second-order valence-electron chi connectivity index (χ2n) is 7.66. The first-order valence-corrected chi connectivity index (χ1v) is 11.8. The van der Waals surface area contributed by atoms with Crippen molar-refractivity contribution >= 4 is 72.6 Å². The van der Waals surface area contributed by atoms with Crippen LogP contribution in [0.3, 0.4) is 0 Å². The second-order valence-corrected chi connectivity index (χ2v) is 10.4. The predicted octanol–water partition coefficient (Wildman–Crippen LogP) is 5.33. The Kier molecular flexibility index (Phi) is 6.06. The maximum absolute atomic E-state index is 13.2. The van der Waals surface area contributed by atoms with Gasteiger partial charge in [-0.2, -0.15) is 0 Å². The van der Waals surface area contributed by atoms with Gasteiger partial charge in [0.1, 0.15) is 0 Å². The summed E-state index contributed by atoms with van der Waals surface area (Å²) in [5.74, 6) is -1.63. The Morgan fingerprint density at radius 3 is 2.27 bits per heavy atom. The number of halogens is 3. The number of hydrogen-bond acceptors (Lipinski definition) is 3. The number of anilines is 2. The summed E-state index contributed by atoms with van der Waals surface area (Å²) in [7, 11) is 0. The van der Waals surface area contributed by atoms with Crippen LogP contribution in [0.1, 0.15) is 28.8 Å². The van der Waals surface area contributed by atoms with Crippen molar-refractivity contribution in [2.45, 2.75) is 29.4 Å². The van der Waals surface area contributed by atoms with Crippen molar-refractivity contribution in [2.75, 3.05) is 10.2 Å². The lowest BCUT2D eigenvalue weighted by molar-refractivity contribution is -0.122. The normalized spacial score (nSPS) is 25.9. The molecule has 0 bridgehead atoms. The molecule has 1 saturated carbocycles. The van der Waals surface area contributed by atoms with Gasteiger partial charge in [0.05, 0.1) is 23.1 Å². The molecule has 1 saturated heterocycles. The SMILES string of the molecule is Cc1ccc(Cl)cc1NC(=O)c1ccccc1N1C(=O)[C@H]2C[C@H](Br)[C@@H](Br)C[C@H]2C1=O. The van der Waals surface area contributed by atoms with Gasteiger partial charge in [-0.15, -0.1) is 0 Å². The zero-order valence-electron chi connectivity index (χ0n) is 16.1. The molecule has 4 atom stereocenters. The summed E-state index contributed by atoms with van der Waals surface area (Å²) in [6.45, 7) is 1.86. The van der Waals surface area contributed by atoms with Crippen molar-refractivity contribution in [1.82, 2.24) is 0 Å². The summed E-state index contributed by atoms with van der Waals surface area (Å²) in [4.78, 5) is 40.8. The zero-order valence-corrected chi connectivity index (χ0v) is 20.0. The predicted molar refractivity (Wildman–Crippen MR) is 125 cm³/mol. The first-order valence-electron chi connectivity index (χ1n) is 9.60. The van der Waals surface area contributed by atoms with E-state index in [0.29, 0.717) is 29.2 Å². The van der Waals surface area contributed by atoms with Gasteiger partial charge in [0.2, 0.25) is 11.8 Å². The molecule has 5 nitrogen and oxygen atoms in total. The monoisotopic (exact) mass is 552 g/mol. The first-order chi connectivity index (χ1) is 14.3. The average molecular weight is 555 g/mol. The van der Waals surface area contributed by atoms with E-state index in [2.05, 4.69) is 37.2 Å². The minimum atomic E-state index is -0.400. The highest BCUT2D eigenvalue weighted by Crippen LogP contribution is 2.45. The van der Waals surface area contributed by atoms with Gasteiger partial charge >= 0.3 is 0 Å². The highest BCUT2D eigenvalue weighted by molar-refractivity contribution is 9.12. The van der Waals surface area contributed by atoms with Crippen molar-refractivity contribution in [2.24, 2.45) is 11.8 Å². The third-order valence-corrected chi connectivity index (χ3v) is 8.72. The van der Waals surface area contributed by atoms with Crippen LogP contribution in [-0.4, -0.2) is 27.4 Å². The Labute approximate surface area is 196 Å². The largest absolute Gasteiger partial charge is 0.322 e. The molecular weight excluding hydrogens is 536 g/mol. The van der Waals surface area contributed by atoms with Crippen LogP contribution in [0, 0.1) is 18.8 Å². The molecule has 1 aliphatic carbocycles. The topological polar surface area (TPSA) is 66.5 Å². The van der Waals surface area contributed by atoms with Gasteiger partial charge in [-0.1, -0.05) is 61.7 Å². The van der Waals surface area contributed by atoms with E-state index in [1.807, 2.05) is 13.0 Å². The van der Waals surface area contributed by atoms with E-state index in [4.69, 9.17) is 11.6 Å². The van der Waals surface area contributed by atoms with Crippen LogP contribution in [0.2, 0.25) is 5.02 Å². The number of aryl methyl sites for hydroxylation is 1. The number of nitrogens with one attached hydrogen (secondary N) is 1. The van der Waals surface area contributed by atoms with Gasteiger partial charge in [-0.3, -0.25) is 14.4 Å². The highest BCUT2D eigenvalue weighted by Gasteiger charge is 2.52. The Hall–Kier alpha value is -1.70. The van der Waals surface area contributed by atoms with Gasteiger partial charge in [0, 0.05) is 20.4 Å². The maximum Gasteiger partial charge on any atom is 0.257 e. The maximum atomic E-state index is 13.2. The molecule has 0 unspecified atom stereocenters. The first kappa shape index (κ1) is 21.5. The lowest BCUT2D eigenvalue weighted by atomic mass is 9.81. The van der Waals surface area contributed by atoms with Crippen LogP contribution in [0.4, 0.5) is 11.4 Å². The molecule has 1 aliphatic heterocycles. The van der Waals surface area contributed by atoms with Crippen molar-refractivity contribution < 1.29 is 14.4 Å². The number of hydrogen-bond donors (Lipinski definition) is 1. The molecule has 2 fully saturated rings. The van der Waals surface area contributed by atoms with Crippen molar-refractivity contribution in [3.05, 3.63) is 58.6 Å². The second kappa shape index (κ2) is 8.44. The summed E-state index contributed by atoms with van der Waals surface area (Å²) in [6.07, 6.45) is 1.16. The van der Waals surface area contributed by atoms with E-state index in [9.17, 15) is 14.4 Å². The fourth-order valence-electron chi connectivity index (χ4n) is 4.11. The third-order valence-electron chi connectivity index (χ3n) is 5.75. The number of rotatable bonds is 3. The van der Waals surface area contributed by atoms with Gasteiger partial charge in [-0.05, 0) is 49.6 Å². The van der Waals surface area contributed by atoms with E-state index in [1.54, 1.807) is 36.4 Å². The van der Waals surface area contributed by atoms with Crippen LogP contribution in [0.25, 0.3) is 0 Å². The molecule has 2 aromatic carbocycles. The number of para-hydroxylation sites is 1. The Bertz CT molecular complexity index is 1020. The lowest BCUT2D eigenvalue weighted by Crippen LogP contribution is -2.34. The molecule has 2 aliphatic rings. The molecule has 4 rings (SSSR count). The molecule has 2 aromatic rings. The van der Waals surface area contributed by atoms with E-state index >= 15 is 0 Å². The smallest absolute Gasteiger partial charge is 0.257 e. The molecule has 1 N–H and O–H groups in total. The number of amides is 3. The standard InChI is InChI=1S/C22H19Br2ClN2O3/c1-11-6-7-12(25)8-18(11)26-20(28)13-4-2-3-5-19(13)27-21(29)14-9-16(23)17(24)10-15(14)22(27)30/h2-8,14-17H,9-10H2,1H3,(H,26,28)/t14-,15+,16-,17-/m0/s1. The van der Waals surface area contributed by atoms with E-state index in [-0.39, 0.29) is 38.9 Å². The Morgan fingerprint density at radius 2 is 1.63 bits per heavy atom. The summed E-state index contributed by atoms with van der Waals surface area (Å²) in [5, 5.41) is 3.36. The van der Waals surface area contributed by atoms with Gasteiger partial charge in [0.15, 0.2) is 0 Å². The molecular formula is C22H19Br2ClN2O3. The lowest BCUT2D eigenvalue weighted by Gasteiger charge is -2.29. The molecule has 0 aromatic heterocycles. The minimum Gasteiger partial charge on any atom is -0.322 e. The van der Waals surface area contributed by atoms with Crippen molar-refractivity contribution in [3.63, 3.8) is 0 Å². The quantitative estimate of drug-likeness (QED) is 0.412. The summed E-state index contributed by atoms with van der Waals surface area (Å²) < 4.78 is 0. The Balaban J connectivity index is 1.67. The van der Waals surface area contributed by atoms with Crippen LogP contribution in [0.15, 0.2) is 42.5 Å². The summed E-state index contributed by atoms with van der Waals surface area (Å²) in [5.41, 5.74) is 2.02. The van der Waals surface area contributed by atoms with E-state index < -0.39 is 5.91 Å². The Morgan fingerprint density at radius 1 is 1.03 bits per heavy atom. The number of carbonyl (C=O) groups is 3. The van der Waals surface area contributed by atoms with Crippen molar-refractivity contribution in [3.8, 4) is 0 Å². The van der Waals surface area contributed by atoms with Crippen LogP contribution in [-0.2, 0) is 9.59 Å². The third kappa shape index (κ3) is 3.83. The van der Waals surface area contributed by atoms with Gasteiger partial charge in [0.25, 0.3) is 5.91 Å². The molecule has 0 spiro atoms. The van der Waals surface area contributed by atoms with Crippen LogP contribution < -0.4 is 10.2 Å². The molecule has 3 amide bonds.